The SMILES string of the molecule is Cc1c2c(cc3c1-c1c(ccc[n+]1C)C(C)(C)C3(C)C)Cc1ccccc1-2.Cc1cc[n+](C)c2c1C(C)(C)C(C)(C)c1cc3c(c(C)c1-2)-c1ccccc1C3.[2H]C(C)(C)c1cc[n+](C)c2c1C(C)(C)C(C)(C)c1cc3c(c(C)c1-2)-c1ccccc1C3.[2H]C([2H])([2H])c1cc2c([n+](C)c1)-c1c(cc3c(c1C)-c1ccccc1C3)C(C)(C)C2(C)C.[2H]C([2H])(c1cc[n+](C)c2c1C(C)(C)C(C)(C)c1cc3c(c(C)c1-2)-c1ccccc1C3)C(C)(C)C. The summed E-state index contributed by atoms with van der Waals surface area (Å²) in [5, 5.41) is 0. The van der Waals surface area contributed by atoms with Crippen molar-refractivity contribution in [1.82, 2.24) is 0 Å². The van der Waals surface area contributed by atoms with Crippen molar-refractivity contribution < 1.29 is 31.1 Å². The minimum Gasteiger partial charge on any atom is -0.201 e. The summed E-state index contributed by atoms with van der Waals surface area (Å²) >= 11 is 0. The minimum atomic E-state index is -2.13. The van der Waals surface area contributed by atoms with E-state index in [1.165, 1.54) is 240 Å². The van der Waals surface area contributed by atoms with E-state index >= 15 is 0 Å². The monoisotopic (exact) mass is 1920 g/mol. The summed E-state index contributed by atoms with van der Waals surface area (Å²) in [4.78, 5) is 0. The van der Waals surface area contributed by atoms with E-state index in [4.69, 9.17) is 5.48 Å². The van der Waals surface area contributed by atoms with Crippen molar-refractivity contribution in [1.29, 1.82) is 0 Å². The molecule has 0 bridgehead atoms. The van der Waals surface area contributed by atoms with Gasteiger partial charge in [-0.25, -0.2) is 22.8 Å². The molecule has 0 saturated heterocycles. The van der Waals surface area contributed by atoms with Crippen molar-refractivity contribution in [3.05, 3.63) is 380 Å². The van der Waals surface area contributed by atoms with Gasteiger partial charge in [-0.1, -0.05) is 325 Å². The van der Waals surface area contributed by atoms with Crippen LogP contribution in [0.2, 0.25) is 0 Å². The number of fused-ring (bicyclic) bond motifs is 30. The van der Waals surface area contributed by atoms with E-state index < -0.39 is 24.5 Å². The molecule has 0 radical (unpaired) electrons. The van der Waals surface area contributed by atoms with Crippen molar-refractivity contribution in [3.8, 4) is 112 Å². The number of hydrogen-bond acceptors (Lipinski definition) is 0. The summed E-state index contributed by atoms with van der Waals surface area (Å²) in [5.41, 5.74) is 65.0. The summed E-state index contributed by atoms with van der Waals surface area (Å²) in [6, 6.07) is 69.7. The van der Waals surface area contributed by atoms with Gasteiger partial charge >= 0.3 is 0 Å². The molecule has 0 fully saturated rings. The number of aryl methyl sites for hydroxylation is 7. The normalized spacial score (nSPS) is 18.4. The van der Waals surface area contributed by atoms with Crippen LogP contribution in [0.1, 0.15) is 349 Å². The fourth-order valence-electron chi connectivity index (χ4n) is 28.8. The number of pyridine rings is 5. The van der Waals surface area contributed by atoms with Gasteiger partial charge in [0.15, 0.2) is 31.0 Å². The lowest BCUT2D eigenvalue weighted by molar-refractivity contribution is -0.661. The molecule has 5 aromatic heterocycles. The molecule has 5 heteroatoms. The van der Waals surface area contributed by atoms with Crippen LogP contribution in [-0.4, -0.2) is 0 Å². The van der Waals surface area contributed by atoms with Crippen LogP contribution in [0.15, 0.2) is 219 Å². The van der Waals surface area contributed by atoms with Gasteiger partial charge in [0.1, 0.15) is 35.2 Å². The fraction of sp³-hybridized carbons (Fsp3) is 0.393. The first-order chi connectivity index (χ1) is 70.3. The summed E-state index contributed by atoms with van der Waals surface area (Å²) in [5.74, 6) is -0.652. The van der Waals surface area contributed by atoms with Crippen molar-refractivity contribution in [2.24, 2.45) is 40.7 Å². The molecule has 0 atom stereocenters. The van der Waals surface area contributed by atoms with Gasteiger partial charge in [0, 0.05) is 92.9 Å². The van der Waals surface area contributed by atoms with Gasteiger partial charge in [-0.3, -0.25) is 0 Å². The van der Waals surface area contributed by atoms with Crippen molar-refractivity contribution in [3.63, 3.8) is 0 Å². The first kappa shape index (κ1) is 91.6. The van der Waals surface area contributed by atoms with Gasteiger partial charge in [-0.05, 0) is 321 Å². The van der Waals surface area contributed by atoms with Gasteiger partial charge < -0.3 is 0 Å². The molecular weight excluding hydrogens is 1750 g/mol. The number of aromatic nitrogens is 5. The van der Waals surface area contributed by atoms with E-state index in [1.807, 2.05) is 58.4 Å². The van der Waals surface area contributed by atoms with Crippen LogP contribution in [0, 0.1) is 53.8 Å². The van der Waals surface area contributed by atoms with E-state index in [0.717, 1.165) is 60.1 Å². The van der Waals surface area contributed by atoms with E-state index in [9.17, 15) is 2.74 Å². The molecule has 15 aromatic rings. The van der Waals surface area contributed by atoms with Crippen LogP contribution >= 0.6 is 0 Å². The van der Waals surface area contributed by atoms with Gasteiger partial charge in [0.25, 0.3) is 0 Å². The highest BCUT2D eigenvalue weighted by molar-refractivity contribution is 5.95. The molecule has 25 rings (SSSR count). The van der Waals surface area contributed by atoms with E-state index in [-0.39, 0.29) is 54.1 Å². The summed E-state index contributed by atoms with van der Waals surface area (Å²) in [7, 11) is 10.7. The zero-order valence-electron chi connectivity index (χ0n) is 100. The second-order valence-corrected chi connectivity index (χ2v) is 51.5. The van der Waals surface area contributed by atoms with Crippen LogP contribution in [0.5, 0.6) is 0 Å². The van der Waals surface area contributed by atoms with Crippen LogP contribution in [-0.2, 0) is 128 Å². The fourth-order valence-corrected chi connectivity index (χ4v) is 28.8. The molecule has 10 aliphatic rings. The Labute approximate surface area is 878 Å². The topological polar surface area (TPSA) is 19.4 Å². The average molecular weight is 1920 g/mol. The first-order valence-electron chi connectivity index (χ1n) is 56.6. The molecule has 740 valence electrons. The Morgan fingerprint density at radius 2 is 0.559 bits per heavy atom. The molecule has 145 heavy (non-hydrogen) atoms. The summed E-state index contributed by atoms with van der Waals surface area (Å²) in [6.45, 7) is 69.2. The number of nitrogens with zero attached hydrogens (tertiary/aromatic N) is 5. The Bertz CT molecular complexity index is 8410. The highest BCUT2D eigenvalue weighted by Crippen LogP contribution is 2.65. The maximum atomic E-state index is 9.25. The second kappa shape index (κ2) is 33.2. The third kappa shape index (κ3) is 14.1. The Hall–Kier alpha value is -12.1. The Morgan fingerprint density at radius 1 is 0.283 bits per heavy atom. The van der Waals surface area contributed by atoms with Crippen molar-refractivity contribution in [2.75, 3.05) is 0 Å². The third-order valence-electron chi connectivity index (χ3n) is 39.9. The van der Waals surface area contributed by atoms with E-state index in [2.05, 4.69) is 427 Å². The lowest BCUT2D eigenvalue weighted by Gasteiger charge is -2.48. The zero-order valence-corrected chi connectivity index (χ0v) is 94.1. The van der Waals surface area contributed by atoms with Crippen molar-refractivity contribution in [2.45, 2.75) is 320 Å². The molecule has 0 amide bonds. The number of hydrogen-bond donors (Lipinski definition) is 0. The molecule has 5 heterocycles. The Kier molecular flexibility index (Phi) is 21.0. The summed E-state index contributed by atoms with van der Waals surface area (Å²) < 4.78 is 62.7. The van der Waals surface area contributed by atoms with Crippen molar-refractivity contribution >= 4 is 0 Å². The highest BCUT2D eigenvalue weighted by Gasteiger charge is 2.58. The molecule has 0 saturated carbocycles. The van der Waals surface area contributed by atoms with Gasteiger partial charge in [0.05, 0.1) is 27.8 Å². The van der Waals surface area contributed by atoms with Crippen LogP contribution < -0.4 is 22.8 Å². The standard InChI is InChI=1S/C31H38N.C29H34N.2C27H30N.C26H28N/c1-19-25-22(16-20-12-10-11-13-23(20)25)17-24-26(19)28-27(31(7,8)30(24,5)6)21(14-15-32(28)9)18-29(2,3)4;1-17(2)21-13-14-30(8)27-25-18(3)24-20(15-19-11-9-10-12-22(19)24)16-23(25)28(4,5)29(6,7)26(21)27;1-16-12-22-25(28(7)15-16)24-17(2)23-19(13-18-10-8-9-11-20(18)23)14-21(24)26(3,4)27(22,5)6;1-16-12-13-28(7)25-23-17(2)22-19(14-18-10-8-9-11-20(18)22)15-21(23)26(3,4)27(5,6)24(16)25;1-16-22-18(14-17-10-7-8-11-19(17)22)15-21-23(16)24-20(12-9-13-27(24)6)25(2,3)26(21,4)5/h10-15,17H,16,18H2,1-9H3;9-14,16-17H,15H2,1-8H3;8-12,14-15H,13H2,1-7H3;8-13,15H,14H2,1-7H3;7-13,15H,14H2,1-6H3/q5*+1/i18D2;17D;1D3;;. The molecule has 10 aliphatic carbocycles. The van der Waals surface area contributed by atoms with Gasteiger partial charge in [-0.15, -0.1) is 0 Å². The van der Waals surface area contributed by atoms with Crippen LogP contribution in [0.25, 0.3) is 112 Å². The molecule has 10 aromatic carbocycles. The maximum absolute atomic E-state index is 9.25. The smallest absolute Gasteiger partial charge is 0.201 e. The maximum Gasteiger partial charge on any atom is 0.216 e. The zero-order chi connectivity index (χ0) is 109. The molecule has 0 spiro atoms. The van der Waals surface area contributed by atoms with E-state index in [0.29, 0.717) is 5.56 Å². The average Bonchev–Trinajstić information content (AvgIpc) is 1.65. The molecular formula is C140H160N5+5. The quantitative estimate of drug-likeness (QED) is 0.154. The Morgan fingerprint density at radius 3 is 0.903 bits per heavy atom. The second-order valence-electron chi connectivity index (χ2n) is 51.5. The predicted molar refractivity (Wildman–Crippen MR) is 607 cm³/mol. The van der Waals surface area contributed by atoms with E-state index in [1.54, 1.807) is 6.20 Å². The first-order valence-corrected chi connectivity index (χ1v) is 53.6. The molecule has 0 unspecified atom stereocenters. The van der Waals surface area contributed by atoms with Gasteiger partial charge in [-0.2, -0.15) is 0 Å². The number of rotatable bonds is 2. The Balaban J connectivity index is 0.000000110. The third-order valence-corrected chi connectivity index (χ3v) is 39.9. The molecule has 5 nitrogen and oxygen atoms in total. The summed E-state index contributed by atoms with van der Waals surface area (Å²) in [6.07, 6.45) is 14.1. The number of benzene rings is 10. The molecule has 0 N–H and O–H groups in total. The lowest BCUT2D eigenvalue weighted by atomic mass is 9.54. The minimum absolute atomic E-state index is 0.0573. The molecule has 0 aliphatic heterocycles. The predicted octanol–water partition coefficient (Wildman–Crippen LogP) is 31.5. The lowest BCUT2D eigenvalue weighted by Crippen LogP contribution is -2.49. The highest BCUT2D eigenvalue weighted by atomic mass is 15.0. The van der Waals surface area contributed by atoms with Gasteiger partial charge in [0.2, 0.25) is 28.5 Å². The van der Waals surface area contributed by atoms with Crippen LogP contribution in [0.4, 0.5) is 0 Å². The largest absolute Gasteiger partial charge is 0.216 e. The van der Waals surface area contributed by atoms with Crippen LogP contribution in [0.3, 0.4) is 0 Å².